The lowest BCUT2D eigenvalue weighted by atomic mass is 10.2. The molecule has 1 atom stereocenters. The van der Waals surface area contributed by atoms with Crippen LogP contribution in [-0.2, 0) is 16.0 Å². The molecule has 0 aliphatic carbocycles. The number of likely N-dealkylation sites (N-methyl/N-ethyl adjacent to an activating group) is 1. The van der Waals surface area contributed by atoms with E-state index < -0.39 is 0 Å². The normalized spacial score (nSPS) is 20.3. The molecule has 1 aromatic rings. The van der Waals surface area contributed by atoms with Gasteiger partial charge in [-0.3, -0.25) is 9.88 Å². The molecule has 0 unspecified atom stereocenters. The molecule has 0 aromatic carbocycles. The summed E-state index contributed by atoms with van der Waals surface area (Å²) < 4.78 is 11.0. The zero-order valence-electron chi connectivity index (χ0n) is 10.2. The fourth-order valence-electron chi connectivity index (χ4n) is 1.91. The molecule has 0 radical (unpaired) electrons. The summed E-state index contributed by atoms with van der Waals surface area (Å²) in [4.78, 5) is 6.06. The number of aromatic nitrogens is 1. The summed E-state index contributed by atoms with van der Waals surface area (Å²) >= 11 is 12.2. The van der Waals surface area contributed by atoms with Gasteiger partial charge in [-0.05, 0) is 7.05 Å². The van der Waals surface area contributed by atoms with Crippen molar-refractivity contribution in [1.82, 2.24) is 9.88 Å². The summed E-state index contributed by atoms with van der Waals surface area (Å²) in [5, 5.41) is 1.19. The smallest absolute Gasteiger partial charge is 0.0936 e. The van der Waals surface area contributed by atoms with Gasteiger partial charge < -0.3 is 9.47 Å². The second-order valence-electron chi connectivity index (χ2n) is 4.35. The Morgan fingerprint density at radius 3 is 2.67 bits per heavy atom. The molecule has 1 aromatic heterocycles. The first-order valence-electron chi connectivity index (χ1n) is 5.82. The third-order valence-electron chi connectivity index (χ3n) is 2.78. The Morgan fingerprint density at radius 2 is 2.06 bits per heavy atom. The van der Waals surface area contributed by atoms with Crippen molar-refractivity contribution in [1.29, 1.82) is 0 Å². The van der Waals surface area contributed by atoms with E-state index in [2.05, 4.69) is 9.88 Å². The highest BCUT2D eigenvalue weighted by Gasteiger charge is 2.17. The lowest BCUT2D eigenvalue weighted by molar-refractivity contribution is -0.0962. The van der Waals surface area contributed by atoms with E-state index in [0.717, 1.165) is 12.1 Å². The number of nitrogens with zero attached hydrogens (tertiary/aromatic N) is 2. The maximum atomic E-state index is 6.09. The number of hydrogen-bond donors (Lipinski definition) is 0. The highest BCUT2D eigenvalue weighted by atomic mass is 35.5. The van der Waals surface area contributed by atoms with Crippen LogP contribution in [0.25, 0.3) is 0 Å². The van der Waals surface area contributed by atoms with E-state index >= 15 is 0 Å². The van der Waals surface area contributed by atoms with Crippen molar-refractivity contribution in [2.45, 2.75) is 12.6 Å². The van der Waals surface area contributed by atoms with E-state index in [1.807, 2.05) is 7.05 Å². The molecule has 1 saturated heterocycles. The van der Waals surface area contributed by atoms with Crippen LogP contribution in [0, 0.1) is 0 Å². The first kappa shape index (κ1) is 14.0. The van der Waals surface area contributed by atoms with Crippen molar-refractivity contribution in [3.63, 3.8) is 0 Å². The van der Waals surface area contributed by atoms with Crippen LogP contribution in [0.3, 0.4) is 0 Å². The van der Waals surface area contributed by atoms with Crippen molar-refractivity contribution in [2.75, 3.05) is 33.4 Å². The van der Waals surface area contributed by atoms with Crippen molar-refractivity contribution in [3.05, 3.63) is 28.0 Å². The second-order valence-corrected chi connectivity index (χ2v) is 5.16. The summed E-state index contributed by atoms with van der Waals surface area (Å²) in [6.07, 6.45) is 3.33. The molecule has 0 amide bonds. The number of pyridine rings is 1. The minimum Gasteiger partial charge on any atom is -0.376 e. The lowest BCUT2D eigenvalue weighted by Crippen LogP contribution is -2.38. The van der Waals surface area contributed by atoms with Crippen LogP contribution in [-0.4, -0.2) is 49.4 Å². The molecule has 2 rings (SSSR count). The van der Waals surface area contributed by atoms with Gasteiger partial charge in [0.2, 0.25) is 0 Å². The zero-order chi connectivity index (χ0) is 13.0. The third kappa shape index (κ3) is 3.80. The summed E-state index contributed by atoms with van der Waals surface area (Å²) in [5.74, 6) is 0. The molecule has 0 saturated carbocycles. The molecule has 0 N–H and O–H groups in total. The number of halogens is 2. The molecule has 0 spiro atoms. The van der Waals surface area contributed by atoms with Gasteiger partial charge in [-0.1, -0.05) is 23.2 Å². The Hall–Kier alpha value is -0.390. The minimum atomic E-state index is 0.114. The van der Waals surface area contributed by atoms with Crippen molar-refractivity contribution in [2.24, 2.45) is 0 Å². The van der Waals surface area contributed by atoms with E-state index in [9.17, 15) is 0 Å². The molecule has 1 fully saturated rings. The molecular formula is C12H16Cl2N2O2. The molecule has 1 aliphatic rings. The van der Waals surface area contributed by atoms with Crippen molar-refractivity contribution in [3.8, 4) is 0 Å². The Bertz CT molecular complexity index is 377. The van der Waals surface area contributed by atoms with E-state index in [1.165, 1.54) is 0 Å². The van der Waals surface area contributed by atoms with Crippen LogP contribution < -0.4 is 0 Å². The SMILES string of the molecule is CN(Cc1c(Cl)cncc1Cl)C[C@@H]1COCCO1. The third-order valence-corrected chi connectivity index (χ3v) is 3.43. The summed E-state index contributed by atoms with van der Waals surface area (Å²) in [5.41, 5.74) is 0.896. The van der Waals surface area contributed by atoms with Gasteiger partial charge in [-0.15, -0.1) is 0 Å². The van der Waals surface area contributed by atoms with Crippen molar-refractivity contribution < 1.29 is 9.47 Å². The van der Waals surface area contributed by atoms with Gasteiger partial charge in [0.25, 0.3) is 0 Å². The Kier molecular flexibility index (Phi) is 5.21. The lowest BCUT2D eigenvalue weighted by Gasteiger charge is -2.27. The van der Waals surface area contributed by atoms with Gasteiger partial charge >= 0.3 is 0 Å². The van der Waals surface area contributed by atoms with Gasteiger partial charge in [0.05, 0.1) is 36.0 Å². The van der Waals surface area contributed by atoms with Crippen LogP contribution in [0.4, 0.5) is 0 Å². The monoisotopic (exact) mass is 290 g/mol. The number of hydrogen-bond acceptors (Lipinski definition) is 4. The number of rotatable bonds is 4. The largest absolute Gasteiger partial charge is 0.376 e. The highest BCUT2D eigenvalue weighted by molar-refractivity contribution is 6.35. The van der Waals surface area contributed by atoms with Crippen LogP contribution in [0.2, 0.25) is 10.0 Å². The maximum absolute atomic E-state index is 6.09. The zero-order valence-corrected chi connectivity index (χ0v) is 11.7. The Balaban J connectivity index is 1.92. The van der Waals surface area contributed by atoms with E-state index in [1.54, 1.807) is 12.4 Å². The van der Waals surface area contributed by atoms with Crippen LogP contribution >= 0.6 is 23.2 Å². The molecular weight excluding hydrogens is 275 g/mol. The standard InChI is InChI=1S/C12H16Cl2N2O2/c1-16(6-9-8-17-2-3-18-9)7-10-11(13)4-15-5-12(10)14/h4-5,9H,2-3,6-8H2,1H3/t9-/m1/s1. The van der Waals surface area contributed by atoms with Gasteiger partial charge in [-0.2, -0.15) is 0 Å². The molecule has 18 heavy (non-hydrogen) atoms. The minimum absolute atomic E-state index is 0.114. The van der Waals surface area contributed by atoms with Crippen LogP contribution in [0.5, 0.6) is 0 Å². The average molecular weight is 291 g/mol. The quantitative estimate of drug-likeness (QED) is 0.852. The molecule has 6 heteroatoms. The van der Waals surface area contributed by atoms with Gasteiger partial charge in [0.15, 0.2) is 0 Å². The average Bonchev–Trinajstić information content (AvgIpc) is 2.35. The van der Waals surface area contributed by atoms with Crippen molar-refractivity contribution >= 4 is 23.2 Å². The first-order chi connectivity index (χ1) is 8.66. The van der Waals surface area contributed by atoms with E-state index in [-0.39, 0.29) is 6.10 Å². The van der Waals surface area contributed by atoms with Gasteiger partial charge in [-0.25, -0.2) is 0 Å². The summed E-state index contributed by atoms with van der Waals surface area (Å²) in [7, 11) is 2.01. The first-order valence-corrected chi connectivity index (χ1v) is 6.58. The molecule has 0 bridgehead atoms. The molecule has 100 valence electrons. The predicted molar refractivity (Wildman–Crippen MR) is 71.2 cm³/mol. The topological polar surface area (TPSA) is 34.6 Å². The van der Waals surface area contributed by atoms with Crippen LogP contribution in [0.15, 0.2) is 12.4 Å². The van der Waals surface area contributed by atoms with Crippen LogP contribution in [0.1, 0.15) is 5.56 Å². The Morgan fingerprint density at radius 1 is 1.33 bits per heavy atom. The summed E-state index contributed by atoms with van der Waals surface area (Å²) in [6, 6.07) is 0. The fraction of sp³-hybridized carbons (Fsp3) is 0.583. The van der Waals surface area contributed by atoms with Gasteiger partial charge in [0.1, 0.15) is 0 Å². The van der Waals surface area contributed by atoms with E-state index in [0.29, 0.717) is 36.4 Å². The van der Waals surface area contributed by atoms with Gasteiger partial charge in [0, 0.05) is 31.0 Å². The predicted octanol–water partition coefficient (Wildman–Crippen LogP) is 2.24. The Labute approximate surface area is 117 Å². The van der Waals surface area contributed by atoms with E-state index in [4.69, 9.17) is 32.7 Å². The highest BCUT2D eigenvalue weighted by Crippen LogP contribution is 2.24. The summed E-state index contributed by atoms with van der Waals surface area (Å²) in [6.45, 7) is 3.44. The maximum Gasteiger partial charge on any atom is 0.0936 e. The number of ether oxygens (including phenoxy) is 2. The fourth-order valence-corrected chi connectivity index (χ4v) is 2.40. The molecule has 1 aliphatic heterocycles. The molecule has 2 heterocycles. The molecule has 4 nitrogen and oxygen atoms in total. The second kappa shape index (κ2) is 6.68.